The predicted molar refractivity (Wildman–Crippen MR) is 248 cm³/mol. The number of nitrogens with zero attached hydrogens (tertiary/aromatic N) is 1. The maximum Gasteiger partial charge on any atom is 0.326 e. The molecule has 1 saturated heterocycles. The first-order valence-electron chi connectivity index (χ1n) is 22.9. The molecule has 1 unspecified atom stereocenters. The molecule has 0 aliphatic carbocycles. The SMILES string of the molecule is CC[C@H](C)[C@@H]1NC(=O)C(CCc2ccc(O)cc2)N(C)C(=O)[C@H](CCc2ccccc2)NC(=O)[C@H]([C@@H](C)CC)NC(=O)[C@H](NC(=O)N[C@@H](Cc2ccc(O)cc2)C(=O)O)CCCCNC1=O. The van der Waals surface area contributed by atoms with E-state index in [0.717, 1.165) is 11.1 Å². The Kier molecular flexibility index (Phi) is 20.3. The lowest BCUT2D eigenvalue weighted by Gasteiger charge is -2.34. The van der Waals surface area contributed by atoms with E-state index in [1.807, 2.05) is 51.1 Å². The van der Waals surface area contributed by atoms with Gasteiger partial charge in [-0.2, -0.15) is 0 Å². The van der Waals surface area contributed by atoms with E-state index in [1.54, 1.807) is 19.1 Å². The van der Waals surface area contributed by atoms with E-state index in [9.17, 15) is 48.9 Å². The van der Waals surface area contributed by atoms with Crippen LogP contribution in [0, 0.1) is 11.8 Å². The third-order valence-electron chi connectivity index (χ3n) is 12.3. The van der Waals surface area contributed by atoms with Crippen LogP contribution in [0.2, 0.25) is 0 Å². The standard InChI is InChI=1S/C49H67N7O10/c1-6-30(3)41-45(61)50-28-12-11-15-37(52-49(66)53-39(48(64)65)29-34-18-24-36(58)25-19-34)43(59)54-42(31(4)7-2)46(62)51-38(26-20-32-13-9-8-10-14-32)47(63)56(5)40(44(60)55-41)27-21-33-16-22-35(57)23-17-33/h8-10,13-14,16-19,22-25,30-31,37-42,57-58H,6-7,11-12,15,20-21,26-29H2,1-5H3,(H,50,61)(H,51,62)(H,54,59)(H,55,60)(H,64,65)(H2,52,53,66)/t30-,31-,37+,38-,39-,40?,41-,42-/m0/s1. The van der Waals surface area contributed by atoms with Gasteiger partial charge < -0.3 is 52.1 Å². The van der Waals surface area contributed by atoms with E-state index in [0.29, 0.717) is 44.1 Å². The Bertz CT molecular complexity index is 2090. The van der Waals surface area contributed by atoms with E-state index in [-0.39, 0.29) is 49.6 Å². The molecule has 1 aliphatic heterocycles. The molecule has 3 aromatic rings. The molecule has 0 aromatic heterocycles. The van der Waals surface area contributed by atoms with Crippen LogP contribution in [0.4, 0.5) is 4.79 Å². The highest BCUT2D eigenvalue weighted by molar-refractivity contribution is 5.96. The summed E-state index contributed by atoms with van der Waals surface area (Å²) in [6, 6.07) is 13.7. The summed E-state index contributed by atoms with van der Waals surface area (Å²) in [7, 11) is 1.49. The average Bonchev–Trinajstić information content (AvgIpc) is 3.30. The fourth-order valence-corrected chi connectivity index (χ4v) is 7.74. The monoisotopic (exact) mass is 913 g/mol. The lowest BCUT2D eigenvalue weighted by Crippen LogP contribution is -2.61. The molecule has 0 bridgehead atoms. The van der Waals surface area contributed by atoms with Crippen LogP contribution in [0.1, 0.15) is 89.3 Å². The molecule has 1 aliphatic rings. The zero-order valence-corrected chi connectivity index (χ0v) is 38.5. The van der Waals surface area contributed by atoms with E-state index >= 15 is 0 Å². The zero-order valence-electron chi connectivity index (χ0n) is 38.5. The number of rotatable bonds is 15. The van der Waals surface area contributed by atoms with Crippen molar-refractivity contribution in [3.8, 4) is 11.5 Å². The number of urea groups is 1. The molecule has 0 saturated carbocycles. The average molecular weight is 914 g/mol. The molecule has 17 heteroatoms. The summed E-state index contributed by atoms with van der Waals surface area (Å²) < 4.78 is 0. The van der Waals surface area contributed by atoms with Crippen molar-refractivity contribution in [1.82, 2.24) is 36.8 Å². The molecule has 8 atom stereocenters. The van der Waals surface area contributed by atoms with Gasteiger partial charge in [-0.25, -0.2) is 9.59 Å². The summed E-state index contributed by atoms with van der Waals surface area (Å²) in [5.74, 6) is -4.97. The number of nitrogens with one attached hydrogen (secondary N) is 6. The minimum atomic E-state index is -1.40. The first-order chi connectivity index (χ1) is 31.5. The van der Waals surface area contributed by atoms with Crippen LogP contribution in [0.15, 0.2) is 78.9 Å². The summed E-state index contributed by atoms with van der Waals surface area (Å²) in [5.41, 5.74) is 2.23. The van der Waals surface area contributed by atoms with Crippen LogP contribution < -0.4 is 31.9 Å². The van der Waals surface area contributed by atoms with Gasteiger partial charge in [0.25, 0.3) is 0 Å². The minimum Gasteiger partial charge on any atom is -0.508 e. The number of hydrogen-bond acceptors (Lipinski definition) is 9. The second kappa shape index (κ2) is 25.7. The largest absolute Gasteiger partial charge is 0.508 e. The van der Waals surface area contributed by atoms with Gasteiger partial charge in [0.15, 0.2) is 0 Å². The van der Waals surface area contributed by atoms with E-state index in [4.69, 9.17) is 0 Å². The van der Waals surface area contributed by atoms with Crippen molar-refractivity contribution in [2.45, 2.75) is 128 Å². The molecular weight excluding hydrogens is 847 g/mol. The normalized spacial score (nSPS) is 21.9. The first kappa shape index (κ1) is 52.0. The molecule has 3 aromatic carbocycles. The molecule has 358 valence electrons. The quantitative estimate of drug-likeness (QED) is 0.107. The minimum absolute atomic E-state index is 0.0107. The van der Waals surface area contributed by atoms with Crippen LogP contribution in [0.25, 0.3) is 0 Å². The molecular formula is C49H67N7O10. The van der Waals surface area contributed by atoms with Gasteiger partial charge in [0, 0.05) is 20.0 Å². The number of aromatic hydroxyl groups is 2. The van der Waals surface area contributed by atoms with Crippen LogP contribution in [0.5, 0.6) is 11.5 Å². The van der Waals surface area contributed by atoms with Gasteiger partial charge >= 0.3 is 12.0 Å². The summed E-state index contributed by atoms with van der Waals surface area (Å²) in [5, 5.41) is 46.0. The molecule has 4 rings (SSSR count). The number of carboxylic acids is 1. The Morgan fingerprint density at radius 2 is 1.24 bits per heavy atom. The number of likely N-dealkylation sites (N-methyl/N-ethyl adjacent to an activating group) is 1. The van der Waals surface area contributed by atoms with Gasteiger partial charge in [-0.3, -0.25) is 24.0 Å². The van der Waals surface area contributed by atoms with Crippen molar-refractivity contribution in [2.75, 3.05) is 13.6 Å². The van der Waals surface area contributed by atoms with E-state index in [2.05, 4.69) is 31.9 Å². The Hall–Kier alpha value is -6.65. The molecule has 66 heavy (non-hydrogen) atoms. The number of phenolic OH excluding ortho intramolecular Hbond substituents is 2. The Labute approximate surface area is 386 Å². The highest BCUT2D eigenvalue weighted by atomic mass is 16.4. The van der Waals surface area contributed by atoms with Crippen molar-refractivity contribution >= 4 is 41.5 Å². The fourth-order valence-electron chi connectivity index (χ4n) is 7.74. The fraction of sp³-hybridized carbons (Fsp3) is 0.490. The molecule has 0 radical (unpaired) electrons. The van der Waals surface area contributed by atoms with Crippen LogP contribution in [0.3, 0.4) is 0 Å². The molecule has 1 fully saturated rings. The number of phenols is 2. The van der Waals surface area contributed by atoms with E-state index in [1.165, 1.54) is 48.3 Å². The van der Waals surface area contributed by atoms with Crippen molar-refractivity contribution in [2.24, 2.45) is 11.8 Å². The number of carboxylic acid groups (broad SMARTS) is 1. The van der Waals surface area contributed by atoms with Crippen LogP contribution in [-0.4, -0.2) is 112 Å². The van der Waals surface area contributed by atoms with Crippen molar-refractivity contribution in [1.29, 1.82) is 0 Å². The zero-order chi connectivity index (χ0) is 48.3. The van der Waals surface area contributed by atoms with Gasteiger partial charge in [0.1, 0.15) is 47.8 Å². The molecule has 7 amide bonds. The Morgan fingerprint density at radius 3 is 1.83 bits per heavy atom. The number of aryl methyl sites for hydroxylation is 2. The number of benzene rings is 3. The second-order valence-corrected chi connectivity index (χ2v) is 17.2. The lowest BCUT2D eigenvalue weighted by molar-refractivity contribution is -0.143. The number of carbonyl (C=O) groups excluding carboxylic acids is 6. The maximum absolute atomic E-state index is 14.8. The molecule has 1 heterocycles. The maximum atomic E-state index is 14.8. The van der Waals surface area contributed by atoms with E-state index < -0.39 is 83.7 Å². The third-order valence-corrected chi connectivity index (χ3v) is 12.3. The second-order valence-electron chi connectivity index (χ2n) is 17.2. The van der Waals surface area contributed by atoms with Crippen molar-refractivity contribution in [3.63, 3.8) is 0 Å². The number of aliphatic carboxylic acids is 1. The first-order valence-corrected chi connectivity index (χ1v) is 22.9. The summed E-state index contributed by atoms with van der Waals surface area (Å²) in [4.78, 5) is 98.7. The Balaban J connectivity index is 1.70. The van der Waals surface area contributed by atoms with Crippen LogP contribution >= 0.6 is 0 Å². The number of carbonyl (C=O) groups is 7. The van der Waals surface area contributed by atoms with Gasteiger partial charge in [0.05, 0.1) is 0 Å². The predicted octanol–water partition coefficient (Wildman–Crippen LogP) is 3.70. The lowest BCUT2D eigenvalue weighted by atomic mass is 9.95. The van der Waals surface area contributed by atoms with Crippen molar-refractivity contribution in [3.05, 3.63) is 95.6 Å². The summed E-state index contributed by atoms with van der Waals surface area (Å²) >= 11 is 0. The highest BCUT2D eigenvalue weighted by Gasteiger charge is 2.37. The molecule has 0 spiro atoms. The van der Waals surface area contributed by atoms with Gasteiger partial charge in [-0.1, -0.05) is 95.1 Å². The smallest absolute Gasteiger partial charge is 0.326 e. The molecule has 17 nitrogen and oxygen atoms in total. The van der Waals surface area contributed by atoms with Gasteiger partial charge in [-0.15, -0.1) is 0 Å². The van der Waals surface area contributed by atoms with Crippen LogP contribution in [-0.2, 0) is 48.0 Å². The highest BCUT2D eigenvalue weighted by Crippen LogP contribution is 2.19. The number of amides is 7. The Morgan fingerprint density at radius 1 is 0.697 bits per heavy atom. The summed E-state index contributed by atoms with van der Waals surface area (Å²) in [6.07, 6.45) is 2.53. The third kappa shape index (κ3) is 15.8. The van der Waals surface area contributed by atoms with Gasteiger partial charge in [0.2, 0.25) is 29.5 Å². The molecule has 9 N–H and O–H groups in total. The van der Waals surface area contributed by atoms with Crippen molar-refractivity contribution < 1.29 is 48.9 Å². The summed E-state index contributed by atoms with van der Waals surface area (Å²) in [6.45, 7) is 7.49. The number of hydrogen-bond donors (Lipinski definition) is 9. The topological polar surface area (TPSA) is 256 Å². The van der Waals surface area contributed by atoms with Gasteiger partial charge in [-0.05, 0) is 97.7 Å².